The Hall–Kier alpha value is -0.480. The first-order valence-corrected chi connectivity index (χ1v) is 11.7. The average molecular weight is 427 g/mol. The molecule has 0 aliphatic rings. The van der Waals surface area contributed by atoms with Crippen molar-refractivity contribution in [1.29, 1.82) is 0 Å². The molecule has 0 aromatic rings. The third kappa shape index (κ3) is 19.8. The van der Waals surface area contributed by atoms with Gasteiger partial charge in [0.2, 0.25) is 0 Å². The lowest BCUT2D eigenvalue weighted by Crippen LogP contribution is -2.18. The van der Waals surface area contributed by atoms with E-state index in [0.717, 1.165) is 31.0 Å². The highest BCUT2D eigenvalue weighted by molar-refractivity contribution is 9.09. The summed E-state index contributed by atoms with van der Waals surface area (Å²) >= 11 is 3.48. The topological polar surface area (TPSA) is 18.5 Å². The van der Waals surface area contributed by atoms with E-state index in [0.29, 0.717) is 13.2 Å². The van der Waals surface area contributed by atoms with Gasteiger partial charge in [-0.1, -0.05) is 80.1 Å². The zero-order chi connectivity index (χ0) is 19.1. The summed E-state index contributed by atoms with van der Waals surface area (Å²) in [6.07, 6.45) is 14.9. The van der Waals surface area contributed by atoms with E-state index in [1.807, 2.05) is 0 Å². The largest absolute Gasteiger partial charge is 0.340 e. The van der Waals surface area contributed by atoms with E-state index in [1.165, 1.54) is 57.8 Å². The summed E-state index contributed by atoms with van der Waals surface area (Å²) in [6, 6.07) is 0. The number of hydrogen-bond donors (Lipinski definition) is 0. The van der Waals surface area contributed by atoms with Crippen LogP contribution in [-0.4, -0.2) is 24.8 Å². The summed E-state index contributed by atoms with van der Waals surface area (Å²) in [5, 5.41) is 1.09. The van der Waals surface area contributed by atoms with Crippen LogP contribution in [0.5, 0.6) is 0 Å². The minimum Gasteiger partial charge on any atom is -0.340 e. The molecule has 0 heterocycles. The number of ether oxygens (including phenoxy) is 2. The summed E-state index contributed by atoms with van der Waals surface area (Å²) in [5.41, 5.74) is 0. The third-order valence-electron chi connectivity index (χ3n) is 4.07. The zero-order valence-corrected chi connectivity index (χ0v) is 18.7. The molecule has 0 aliphatic heterocycles. The third-order valence-corrected chi connectivity index (χ3v) is 4.63. The van der Waals surface area contributed by atoms with Gasteiger partial charge in [0.15, 0.2) is 6.29 Å². The van der Waals surface area contributed by atoms with Gasteiger partial charge in [0.05, 0.1) is 0 Å². The van der Waals surface area contributed by atoms with E-state index < -0.39 is 0 Å². The molecule has 3 heteroatoms. The quantitative estimate of drug-likeness (QED) is 0.116. The fourth-order valence-electron chi connectivity index (χ4n) is 2.45. The SMILES string of the molecule is CCCCCC#CCOC(CCCCCCBr)OCC#CCCCCC. The molecule has 0 aromatic carbocycles. The Morgan fingerprint density at radius 2 is 1.19 bits per heavy atom. The number of unbranched alkanes of at least 4 members (excludes halogenated alkanes) is 9. The molecule has 0 N–H and O–H groups in total. The average Bonchev–Trinajstić information content (AvgIpc) is 2.65. The van der Waals surface area contributed by atoms with Crippen LogP contribution < -0.4 is 0 Å². The lowest BCUT2D eigenvalue weighted by Gasteiger charge is -2.15. The van der Waals surface area contributed by atoms with Crippen LogP contribution in [0.4, 0.5) is 0 Å². The van der Waals surface area contributed by atoms with E-state index >= 15 is 0 Å². The van der Waals surface area contributed by atoms with Crippen molar-refractivity contribution in [1.82, 2.24) is 0 Å². The standard InChI is InChI=1S/C23H39BrO2/c1-3-5-7-9-13-17-21-25-23(19-15-11-12-16-20-24)26-22-18-14-10-8-6-4-2/h23H,3-12,15-16,19-22H2,1-2H3. The van der Waals surface area contributed by atoms with E-state index in [9.17, 15) is 0 Å². The Labute approximate surface area is 171 Å². The normalized spacial score (nSPS) is 10.3. The van der Waals surface area contributed by atoms with E-state index in [2.05, 4.69) is 53.5 Å². The van der Waals surface area contributed by atoms with Gasteiger partial charge in [-0.2, -0.15) is 0 Å². The highest BCUT2D eigenvalue weighted by atomic mass is 79.9. The number of alkyl halides is 1. The van der Waals surface area contributed by atoms with Crippen molar-refractivity contribution in [2.75, 3.05) is 18.5 Å². The number of halogens is 1. The van der Waals surface area contributed by atoms with Gasteiger partial charge in [-0.25, -0.2) is 0 Å². The minimum atomic E-state index is -0.172. The van der Waals surface area contributed by atoms with Crippen LogP contribution in [0.3, 0.4) is 0 Å². The van der Waals surface area contributed by atoms with Gasteiger partial charge in [-0.05, 0) is 32.1 Å². The number of hydrogen-bond acceptors (Lipinski definition) is 2. The molecule has 0 bridgehead atoms. The molecule has 2 nitrogen and oxygen atoms in total. The lowest BCUT2D eigenvalue weighted by atomic mass is 10.1. The molecule has 0 saturated carbocycles. The van der Waals surface area contributed by atoms with Crippen molar-refractivity contribution < 1.29 is 9.47 Å². The van der Waals surface area contributed by atoms with Crippen molar-refractivity contribution in [2.24, 2.45) is 0 Å². The van der Waals surface area contributed by atoms with Crippen molar-refractivity contribution >= 4 is 15.9 Å². The molecule has 0 aliphatic carbocycles. The van der Waals surface area contributed by atoms with Crippen LogP contribution in [0.2, 0.25) is 0 Å². The highest BCUT2D eigenvalue weighted by Crippen LogP contribution is 2.10. The molecule has 26 heavy (non-hydrogen) atoms. The summed E-state index contributed by atoms with van der Waals surface area (Å²) < 4.78 is 11.7. The predicted octanol–water partition coefficient (Wildman–Crippen LogP) is 6.86. The van der Waals surface area contributed by atoms with Crippen LogP contribution in [0.25, 0.3) is 0 Å². The van der Waals surface area contributed by atoms with Crippen LogP contribution in [0.1, 0.15) is 97.3 Å². The second-order valence-electron chi connectivity index (χ2n) is 6.56. The fraction of sp³-hybridized carbons (Fsp3) is 0.826. The van der Waals surface area contributed by atoms with E-state index in [1.54, 1.807) is 0 Å². The molecular formula is C23H39BrO2. The summed E-state index contributed by atoms with van der Waals surface area (Å²) in [7, 11) is 0. The molecule has 0 aromatic heterocycles. The summed E-state index contributed by atoms with van der Waals surface area (Å²) in [5.74, 6) is 12.6. The molecular weight excluding hydrogens is 388 g/mol. The van der Waals surface area contributed by atoms with Crippen molar-refractivity contribution in [3.63, 3.8) is 0 Å². The van der Waals surface area contributed by atoms with Gasteiger partial charge >= 0.3 is 0 Å². The minimum absolute atomic E-state index is 0.172. The maximum atomic E-state index is 5.83. The first-order chi connectivity index (χ1) is 12.8. The second-order valence-corrected chi connectivity index (χ2v) is 7.36. The lowest BCUT2D eigenvalue weighted by molar-refractivity contribution is -0.128. The van der Waals surface area contributed by atoms with Crippen LogP contribution in [0, 0.1) is 23.7 Å². The Bertz CT molecular complexity index is 368. The Balaban J connectivity index is 4.03. The Morgan fingerprint density at radius 1 is 0.654 bits per heavy atom. The van der Waals surface area contributed by atoms with Crippen molar-refractivity contribution in [3.05, 3.63) is 0 Å². The molecule has 0 radical (unpaired) electrons. The van der Waals surface area contributed by atoms with Crippen molar-refractivity contribution in [3.8, 4) is 23.7 Å². The monoisotopic (exact) mass is 426 g/mol. The van der Waals surface area contributed by atoms with Gasteiger partial charge in [0, 0.05) is 18.2 Å². The van der Waals surface area contributed by atoms with Crippen molar-refractivity contribution in [2.45, 2.75) is 104 Å². The molecule has 0 amide bonds. The maximum Gasteiger partial charge on any atom is 0.160 e. The molecule has 150 valence electrons. The smallest absolute Gasteiger partial charge is 0.160 e. The summed E-state index contributed by atoms with van der Waals surface area (Å²) in [4.78, 5) is 0. The molecule has 0 fully saturated rings. The van der Waals surface area contributed by atoms with E-state index in [-0.39, 0.29) is 6.29 Å². The molecule has 0 spiro atoms. The van der Waals surface area contributed by atoms with Gasteiger partial charge < -0.3 is 9.47 Å². The summed E-state index contributed by atoms with van der Waals surface area (Å²) in [6.45, 7) is 5.34. The van der Waals surface area contributed by atoms with Crippen LogP contribution in [-0.2, 0) is 9.47 Å². The molecule has 0 saturated heterocycles. The molecule has 0 atom stereocenters. The predicted molar refractivity (Wildman–Crippen MR) is 116 cm³/mol. The Morgan fingerprint density at radius 3 is 1.69 bits per heavy atom. The molecule has 0 rings (SSSR count). The molecule has 0 unspecified atom stereocenters. The second kappa shape index (κ2) is 22.6. The van der Waals surface area contributed by atoms with Gasteiger partial charge in [-0.15, -0.1) is 11.8 Å². The zero-order valence-electron chi connectivity index (χ0n) is 17.1. The van der Waals surface area contributed by atoms with Gasteiger partial charge in [0.25, 0.3) is 0 Å². The van der Waals surface area contributed by atoms with Crippen LogP contribution in [0.15, 0.2) is 0 Å². The number of rotatable bonds is 16. The van der Waals surface area contributed by atoms with Gasteiger partial charge in [-0.3, -0.25) is 0 Å². The fourth-order valence-corrected chi connectivity index (χ4v) is 2.85. The van der Waals surface area contributed by atoms with Gasteiger partial charge in [0.1, 0.15) is 13.2 Å². The highest BCUT2D eigenvalue weighted by Gasteiger charge is 2.08. The Kier molecular flexibility index (Phi) is 22.1. The maximum absolute atomic E-state index is 5.83. The van der Waals surface area contributed by atoms with Crippen LogP contribution >= 0.6 is 15.9 Å². The van der Waals surface area contributed by atoms with E-state index in [4.69, 9.17) is 9.47 Å². The first-order valence-electron chi connectivity index (χ1n) is 10.6. The first kappa shape index (κ1) is 25.5.